The van der Waals surface area contributed by atoms with Crippen LogP contribution in [0.1, 0.15) is 16.4 Å². The van der Waals surface area contributed by atoms with Gasteiger partial charge in [-0.25, -0.2) is 4.98 Å². The quantitative estimate of drug-likeness (QED) is 0.737. The minimum absolute atomic E-state index is 0.151. The van der Waals surface area contributed by atoms with Gasteiger partial charge in [-0.15, -0.1) is 11.3 Å². The third-order valence-electron chi connectivity index (χ3n) is 3.08. The van der Waals surface area contributed by atoms with Gasteiger partial charge in [-0.3, -0.25) is 9.78 Å². The molecule has 0 saturated carbocycles. The van der Waals surface area contributed by atoms with Crippen molar-refractivity contribution in [3.63, 3.8) is 0 Å². The Morgan fingerprint density at radius 2 is 1.85 bits per heavy atom. The number of aryl methyl sites for hydroxylation is 1. The smallest absolute Gasteiger partial charge is 0.144 e. The molecule has 2 heterocycles. The first-order valence-electron chi connectivity index (χ1n) is 6.48. The lowest BCUT2D eigenvalue weighted by molar-refractivity contribution is -0.117. The van der Waals surface area contributed by atoms with E-state index >= 15 is 0 Å². The van der Waals surface area contributed by atoms with Gasteiger partial charge in [-0.05, 0) is 19.1 Å². The van der Waals surface area contributed by atoms with Gasteiger partial charge in [0, 0.05) is 29.3 Å². The zero-order valence-corrected chi connectivity index (χ0v) is 12.0. The summed E-state index contributed by atoms with van der Waals surface area (Å²) in [5.41, 5.74) is 2.61. The SMILES string of the molecule is Cc1nc(CC(=O)Cc2ccc3ccccc3n2)cs1. The van der Waals surface area contributed by atoms with Crippen LogP contribution in [0, 0.1) is 6.92 Å². The van der Waals surface area contributed by atoms with Crippen LogP contribution in [-0.2, 0) is 17.6 Å². The molecule has 0 fully saturated rings. The lowest BCUT2D eigenvalue weighted by atomic mass is 10.1. The average molecular weight is 282 g/mol. The van der Waals surface area contributed by atoms with E-state index in [0.29, 0.717) is 12.8 Å². The highest BCUT2D eigenvalue weighted by Gasteiger charge is 2.09. The van der Waals surface area contributed by atoms with Crippen LogP contribution >= 0.6 is 11.3 Å². The van der Waals surface area contributed by atoms with Crippen LogP contribution in [0.15, 0.2) is 41.8 Å². The number of carbonyl (C=O) groups is 1. The Bertz CT molecular complexity index is 764. The first-order chi connectivity index (χ1) is 9.70. The molecular formula is C16H14N2OS. The number of para-hydroxylation sites is 1. The fourth-order valence-corrected chi connectivity index (χ4v) is 2.78. The molecule has 0 saturated heterocycles. The summed E-state index contributed by atoms with van der Waals surface area (Å²) < 4.78 is 0. The number of aromatic nitrogens is 2. The summed E-state index contributed by atoms with van der Waals surface area (Å²) in [6, 6.07) is 11.9. The fraction of sp³-hybridized carbons (Fsp3) is 0.188. The highest BCUT2D eigenvalue weighted by Crippen LogP contribution is 2.13. The number of carbonyl (C=O) groups excluding carboxylic acids is 1. The molecule has 0 atom stereocenters. The van der Waals surface area contributed by atoms with E-state index in [1.807, 2.05) is 48.7 Å². The molecule has 4 heteroatoms. The van der Waals surface area contributed by atoms with E-state index in [1.165, 1.54) is 0 Å². The van der Waals surface area contributed by atoms with Crippen LogP contribution < -0.4 is 0 Å². The molecule has 0 N–H and O–H groups in total. The van der Waals surface area contributed by atoms with Crippen LogP contribution in [0.5, 0.6) is 0 Å². The van der Waals surface area contributed by atoms with Gasteiger partial charge in [0.15, 0.2) is 0 Å². The number of Topliss-reactive ketones (excluding diaryl/α,β-unsaturated/α-hetero) is 1. The van der Waals surface area contributed by atoms with Crippen molar-refractivity contribution in [2.24, 2.45) is 0 Å². The zero-order chi connectivity index (χ0) is 13.9. The van der Waals surface area contributed by atoms with Crippen molar-refractivity contribution in [1.82, 2.24) is 9.97 Å². The molecule has 3 aromatic rings. The van der Waals surface area contributed by atoms with Crippen LogP contribution in [0.2, 0.25) is 0 Å². The van der Waals surface area contributed by atoms with Gasteiger partial charge in [0.2, 0.25) is 0 Å². The van der Waals surface area contributed by atoms with Gasteiger partial charge < -0.3 is 0 Å². The molecule has 0 aliphatic rings. The van der Waals surface area contributed by atoms with E-state index in [4.69, 9.17) is 0 Å². The van der Waals surface area contributed by atoms with Crippen molar-refractivity contribution in [2.45, 2.75) is 19.8 Å². The van der Waals surface area contributed by atoms with E-state index in [2.05, 4.69) is 9.97 Å². The highest BCUT2D eigenvalue weighted by atomic mass is 32.1. The average Bonchev–Trinajstić information content (AvgIpc) is 2.83. The van der Waals surface area contributed by atoms with Crippen molar-refractivity contribution < 1.29 is 4.79 Å². The van der Waals surface area contributed by atoms with Gasteiger partial charge in [-0.2, -0.15) is 0 Å². The second kappa shape index (κ2) is 5.51. The summed E-state index contributed by atoms with van der Waals surface area (Å²) in [5.74, 6) is 0.151. The number of fused-ring (bicyclic) bond motifs is 1. The van der Waals surface area contributed by atoms with Crippen molar-refractivity contribution >= 4 is 28.0 Å². The molecule has 0 bridgehead atoms. The monoisotopic (exact) mass is 282 g/mol. The van der Waals surface area contributed by atoms with Crippen molar-refractivity contribution in [2.75, 3.05) is 0 Å². The molecule has 2 aromatic heterocycles. The predicted octanol–water partition coefficient (Wildman–Crippen LogP) is 3.35. The maximum Gasteiger partial charge on any atom is 0.144 e. The normalized spacial score (nSPS) is 10.8. The van der Waals surface area contributed by atoms with Gasteiger partial charge in [-0.1, -0.05) is 24.3 Å². The molecule has 100 valence electrons. The van der Waals surface area contributed by atoms with Gasteiger partial charge in [0.05, 0.1) is 16.2 Å². The molecule has 3 rings (SSSR count). The van der Waals surface area contributed by atoms with E-state index in [0.717, 1.165) is 27.3 Å². The zero-order valence-electron chi connectivity index (χ0n) is 11.2. The summed E-state index contributed by atoms with van der Waals surface area (Å²) in [4.78, 5) is 20.9. The summed E-state index contributed by atoms with van der Waals surface area (Å²) >= 11 is 1.58. The maximum atomic E-state index is 12.1. The number of rotatable bonds is 4. The lowest BCUT2D eigenvalue weighted by Gasteiger charge is -2.02. The molecule has 20 heavy (non-hydrogen) atoms. The Kier molecular flexibility index (Phi) is 3.56. The Balaban J connectivity index is 1.73. The van der Waals surface area contributed by atoms with Crippen molar-refractivity contribution in [1.29, 1.82) is 0 Å². The van der Waals surface area contributed by atoms with E-state index < -0.39 is 0 Å². The second-order valence-corrected chi connectivity index (χ2v) is 5.81. The van der Waals surface area contributed by atoms with Crippen LogP contribution in [0.4, 0.5) is 0 Å². The summed E-state index contributed by atoms with van der Waals surface area (Å²) in [6.45, 7) is 1.95. The predicted molar refractivity (Wildman–Crippen MR) is 81.0 cm³/mol. The largest absolute Gasteiger partial charge is 0.299 e. The van der Waals surface area contributed by atoms with Gasteiger partial charge in [0.25, 0.3) is 0 Å². The van der Waals surface area contributed by atoms with Gasteiger partial charge in [0.1, 0.15) is 5.78 Å². The third-order valence-corrected chi connectivity index (χ3v) is 3.90. The Hall–Kier alpha value is -2.07. The lowest BCUT2D eigenvalue weighted by Crippen LogP contribution is -2.08. The summed E-state index contributed by atoms with van der Waals surface area (Å²) in [7, 11) is 0. The standard InChI is InChI=1S/C16H14N2OS/c1-11-17-14(10-20-11)9-15(19)8-13-7-6-12-4-2-3-5-16(12)18-13/h2-7,10H,8-9H2,1H3. The van der Waals surface area contributed by atoms with Crippen molar-refractivity contribution in [3.05, 3.63) is 58.2 Å². The minimum Gasteiger partial charge on any atom is -0.299 e. The van der Waals surface area contributed by atoms with Crippen LogP contribution in [0.3, 0.4) is 0 Å². The molecule has 0 amide bonds. The Labute approximate surface area is 121 Å². The first kappa shape index (κ1) is 12.9. The number of nitrogens with zero attached hydrogens (tertiary/aromatic N) is 2. The molecule has 0 unspecified atom stereocenters. The van der Waals surface area contributed by atoms with Crippen molar-refractivity contribution in [3.8, 4) is 0 Å². The number of hydrogen-bond donors (Lipinski definition) is 0. The fourth-order valence-electron chi connectivity index (χ4n) is 2.16. The number of benzene rings is 1. The topological polar surface area (TPSA) is 42.9 Å². The summed E-state index contributed by atoms with van der Waals surface area (Å²) in [5, 5.41) is 4.04. The summed E-state index contributed by atoms with van der Waals surface area (Å²) in [6.07, 6.45) is 0.750. The third kappa shape index (κ3) is 2.91. The molecule has 3 nitrogen and oxygen atoms in total. The van der Waals surface area contributed by atoms with Crippen LogP contribution in [0.25, 0.3) is 10.9 Å². The molecule has 0 aliphatic carbocycles. The maximum absolute atomic E-state index is 12.1. The number of ketones is 1. The van der Waals surface area contributed by atoms with E-state index in [1.54, 1.807) is 11.3 Å². The van der Waals surface area contributed by atoms with E-state index in [9.17, 15) is 4.79 Å². The molecular weight excluding hydrogens is 268 g/mol. The minimum atomic E-state index is 0.151. The van der Waals surface area contributed by atoms with E-state index in [-0.39, 0.29) is 5.78 Å². The molecule has 0 spiro atoms. The molecule has 0 radical (unpaired) electrons. The molecule has 1 aromatic carbocycles. The molecule has 0 aliphatic heterocycles. The highest BCUT2D eigenvalue weighted by molar-refractivity contribution is 7.09. The number of hydrogen-bond acceptors (Lipinski definition) is 4. The number of thiazole rings is 1. The Morgan fingerprint density at radius 3 is 2.65 bits per heavy atom. The second-order valence-electron chi connectivity index (χ2n) is 4.75. The number of pyridine rings is 1. The Morgan fingerprint density at radius 1 is 1.05 bits per heavy atom. The first-order valence-corrected chi connectivity index (χ1v) is 7.36. The van der Waals surface area contributed by atoms with Crippen LogP contribution in [-0.4, -0.2) is 15.8 Å². The van der Waals surface area contributed by atoms with Gasteiger partial charge >= 0.3 is 0 Å².